The van der Waals surface area contributed by atoms with Gasteiger partial charge in [-0.2, -0.15) is 0 Å². The van der Waals surface area contributed by atoms with E-state index in [9.17, 15) is 14.4 Å². The van der Waals surface area contributed by atoms with Crippen LogP contribution >= 0.6 is 15.9 Å². The van der Waals surface area contributed by atoms with Crippen LogP contribution in [0.4, 0.5) is 5.69 Å². The average molecular weight is 443 g/mol. The van der Waals surface area contributed by atoms with E-state index in [1.807, 2.05) is 25.1 Å². The van der Waals surface area contributed by atoms with Gasteiger partial charge in [0.15, 0.2) is 0 Å². The number of nitrogens with zero attached hydrogens (tertiary/aromatic N) is 2. The first kappa shape index (κ1) is 18.1. The fourth-order valence-corrected chi connectivity index (χ4v) is 6.15. The molecule has 0 aromatic heterocycles. The van der Waals surface area contributed by atoms with Crippen molar-refractivity contribution in [3.8, 4) is 0 Å². The lowest BCUT2D eigenvalue weighted by atomic mass is 9.63. The summed E-state index contributed by atoms with van der Waals surface area (Å²) in [5, 5.41) is 0. The van der Waals surface area contributed by atoms with Gasteiger partial charge in [-0.05, 0) is 60.3 Å². The molecule has 3 amide bonds. The molecule has 0 radical (unpaired) electrons. The summed E-state index contributed by atoms with van der Waals surface area (Å²) in [6, 6.07) is 5.74. The van der Waals surface area contributed by atoms with Crippen LogP contribution < -0.4 is 4.90 Å². The van der Waals surface area contributed by atoms with Crippen molar-refractivity contribution in [2.24, 2.45) is 35.5 Å². The van der Waals surface area contributed by atoms with Crippen molar-refractivity contribution in [2.75, 3.05) is 11.6 Å². The number of allylic oxidation sites excluding steroid dienone is 2. The predicted molar refractivity (Wildman–Crippen MR) is 108 cm³/mol. The lowest BCUT2D eigenvalue weighted by Crippen LogP contribution is -2.44. The predicted octanol–water partition coefficient (Wildman–Crippen LogP) is 3.38. The van der Waals surface area contributed by atoms with Crippen LogP contribution in [0.25, 0.3) is 0 Å². The van der Waals surface area contributed by atoms with Crippen LogP contribution in [0.3, 0.4) is 0 Å². The molecule has 5 aliphatic rings. The molecule has 28 heavy (non-hydrogen) atoms. The number of likely N-dealkylation sites (tertiary alicyclic amines) is 1. The van der Waals surface area contributed by atoms with Crippen LogP contribution in [0.1, 0.15) is 25.8 Å². The number of carbonyl (C=O) groups excluding carboxylic acids is 3. The molecule has 6 rings (SSSR count). The molecule has 6 heteroatoms. The summed E-state index contributed by atoms with van der Waals surface area (Å²) < 4.78 is 0.942. The maximum atomic E-state index is 13.2. The smallest absolute Gasteiger partial charge is 0.235 e. The number of imide groups is 1. The molecule has 1 heterocycles. The Labute approximate surface area is 172 Å². The van der Waals surface area contributed by atoms with Crippen LogP contribution in [0, 0.1) is 35.5 Å². The molecule has 1 aliphatic heterocycles. The summed E-state index contributed by atoms with van der Waals surface area (Å²) in [4.78, 5) is 41.8. The second-order valence-electron chi connectivity index (χ2n) is 8.47. The van der Waals surface area contributed by atoms with Gasteiger partial charge in [0.2, 0.25) is 17.7 Å². The van der Waals surface area contributed by atoms with E-state index in [1.54, 1.807) is 4.90 Å². The Morgan fingerprint density at radius 3 is 2.29 bits per heavy atom. The zero-order valence-corrected chi connectivity index (χ0v) is 17.6. The lowest BCUT2D eigenvalue weighted by molar-refractivity contribution is -0.140. The van der Waals surface area contributed by atoms with Gasteiger partial charge < -0.3 is 0 Å². The molecular formula is C22H23BrN2O3. The second-order valence-corrected chi connectivity index (χ2v) is 9.39. The van der Waals surface area contributed by atoms with E-state index in [0.717, 1.165) is 28.6 Å². The molecule has 6 atom stereocenters. The van der Waals surface area contributed by atoms with Gasteiger partial charge >= 0.3 is 0 Å². The highest BCUT2D eigenvalue weighted by atomic mass is 79.9. The standard InChI is InChI=1S/C22H23BrN2O3/c1-3-12-8-13(23)4-7-18(12)24(11(2)26)10-25-21(27)19-14-5-6-15(17-9-16(14)17)20(19)22(25)28/h4-8,14-17,19-20H,3,9-10H2,1-2H3. The fraction of sp³-hybridized carbons (Fsp3) is 0.500. The summed E-state index contributed by atoms with van der Waals surface area (Å²) in [5.74, 6) is 0.743. The number of hydrogen-bond acceptors (Lipinski definition) is 3. The summed E-state index contributed by atoms with van der Waals surface area (Å²) >= 11 is 3.47. The Balaban J connectivity index is 1.46. The van der Waals surface area contributed by atoms with Crippen LogP contribution in [0.2, 0.25) is 0 Å². The number of amides is 3. The maximum Gasteiger partial charge on any atom is 0.235 e. The zero-order chi connectivity index (χ0) is 19.7. The van der Waals surface area contributed by atoms with Crippen molar-refractivity contribution in [3.05, 3.63) is 40.4 Å². The maximum absolute atomic E-state index is 13.2. The third-order valence-electron chi connectivity index (χ3n) is 7.13. The molecule has 0 spiro atoms. The Morgan fingerprint density at radius 1 is 1.14 bits per heavy atom. The third-order valence-corrected chi connectivity index (χ3v) is 7.62. The van der Waals surface area contributed by atoms with Gasteiger partial charge in [0.05, 0.1) is 11.8 Å². The lowest BCUT2D eigenvalue weighted by Gasteiger charge is -2.37. The molecule has 3 fully saturated rings. The number of rotatable bonds is 4. The SMILES string of the molecule is CCc1cc(Br)ccc1N(CN1C(=O)C2C3C=CC(C4CC34)C2C1=O)C(C)=O. The van der Waals surface area contributed by atoms with E-state index in [4.69, 9.17) is 0 Å². The molecule has 1 saturated heterocycles. The summed E-state index contributed by atoms with van der Waals surface area (Å²) in [6.07, 6.45) is 6.24. The van der Waals surface area contributed by atoms with E-state index in [-0.39, 0.29) is 48.1 Å². The summed E-state index contributed by atoms with van der Waals surface area (Å²) in [6.45, 7) is 3.52. The average Bonchev–Trinajstić information content (AvgIpc) is 3.46. The topological polar surface area (TPSA) is 57.7 Å². The minimum atomic E-state index is -0.226. The largest absolute Gasteiger partial charge is 0.294 e. The molecule has 6 unspecified atom stereocenters. The molecule has 146 valence electrons. The highest BCUT2D eigenvalue weighted by Crippen LogP contribution is 2.65. The van der Waals surface area contributed by atoms with E-state index in [2.05, 4.69) is 28.1 Å². The number of hydrogen-bond donors (Lipinski definition) is 0. The van der Waals surface area contributed by atoms with Gasteiger partial charge in [-0.3, -0.25) is 24.2 Å². The van der Waals surface area contributed by atoms with Crippen LogP contribution in [0.15, 0.2) is 34.8 Å². The first-order valence-electron chi connectivity index (χ1n) is 10.0. The minimum absolute atomic E-state index is 0.00338. The second kappa shape index (κ2) is 6.28. The zero-order valence-electron chi connectivity index (χ0n) is 16.0. The number of halogens is 1. The van der Waals surface area contributed by atoms with Gasteiger partial charge in [-0.1, -0.05) is 35.0 Å². The van der Waals surface area contributed by atoms with Gasteiger partial charge in [0.1, 0.15) is 6.67 Å². The van der Waals surface area contributed by atoms with E-state index < -0.39 is 0 Å². The van der Waals surface area contributed by atoms with Crippen molar-refractivity contribution >= 4 is 39.3 Å². The minimum Gasteiger partial charge on any atom is -0.294 e. The van der Waals surface area contributed by atoms with Crippen LogP contribution in [-0.2, 0) is 20.8 Å². The number of carbonyl (C=O) groups is 3. The van der Waals surface area contributed by atoms with E-state index >= 15 is 0 Å². The van der Waals surface area contributed by atoms with Gasteiger partial charge in [-0.25, -0.2) is 0 Å². The van der Waals surface area contributed by atoms with Crippen LogP contribution in [-0.4, -0.2) is 29.3 Å². The van der Waals surface area contributed by atoms with Crippen LogP contribution in [0.5, 0.6) is 0 Å². The van der Waals surface area contributed by atoms with E-state index in [1.165, 1.54) is 11.8 Å². The van der Waals surface area contributed by atoms with E-state index in [0.29, 0.717) is 11.8 Å². The molecular weight excluding hydrogens is 420 g/mol. The Kier molecular flexibility index (Phi) is 4.06. The molecule has 0 N–H and O–H groups in total. The Hall–Kier alpha value is -1.95. The van der Waals surface area contributed by atoms with Crippen molar-refractivity contribution < 1.29 is 14.4 Å². The highest BCUT2D eigenvalue weighted by Gasteiger charge is 2.67. The van der Waals surface area contributed by atoms with Crippen molar-refractivity contribution in [1.29, 1.82) is 0 Å². The molecule has 5 nitrogen and oxygen atoms in total. The molecule has 2 saturated carbocycles. The fourth-order valence-electron chi connectivity index (χ4n) is 5.75. The Morgan fingerprint density at radius 2 is 1.75 bits per heavy atom. The third kappa shape index (κ3) is 2.46. The molecule has 2 bridgehead atoms. The molecule has 1 aromatic rings. The van der Waals surface area contributed by atoms with Gasteiger partial charge in [0, 0.05) is 17.1 Å². The van der Waals surface area contributed by atoms with Crippen molar-refractivity contribution in [3.63, 3.8) is 0 Å². The summed E-state index contributed by atoms with van der Waals surface area (Å²) in [7, 11) is 0. The number of benzene rings is 1. The highest BCUT2D eigenvalue weighted by molar-refractivity contribution is 9.10. The van der Waals surface area contributed by atoms with Crippen molar-refractivity contribution in [1.82, 2.24) is 4.90 Å². The van der Waals surface area contributed by atoms with Gasteiger partial charge in [0.25, 0.3) is 0 Å². The monoisotopic (exact) mass is 442 g/mol. The Bertz CT molecular complexity index is 890. The quantitative estimate of drug-likeness (QED) is 0.530. The normalized spacial score (nSPS) is 34.5. The number of anilines is 1. The first-order valence-corrected chi connectivity index (χ1v) is 10.8. The molecule has 4 aliphatic carbocycles. The number of aryl methyl sites for hydroxylation is 1. The molecule has 1 aromatic carbocycles. The van der Waals surface area contributed by atoms with Gasteiger partial charge in [-0.15, -0.1) is 0 Å². The first-order chi connectivity index (χ1) is 13.4. The van der Waals surface area contributed by atoms with Crippen molar-refractivity contribution in [2.45, 2.75) is 26.7 Å². The summed E-state index contributed by atoms with van der Waals surface area (Å²) in [5.41, 5.74) is 1.77.